The molecule has 4 aromatic heterocycles. The summed E-state index contributed by atoms with van der Waals surface area (Å²) in [4.78, 5) is 40.9. The lowest BCUT2D eigenvalue weighted by Crippen LogP contribution is -2.21. The van der Waals surface area contributed by atoms with Crippen LogP contribution in [-0.4, -0.2) is 77.6 Å². The first-order chi connectivity index (χ1) is 43.2. The maximum absolute atomic E-state index is 15.6. The van der Waals surface area contributed by atoms with Gasteiger partial charge in [0.25, 0.3) is 0 Å². The van der Waals surface area contributed by atoms with Crippen LogP contribution >= 0.6 is 23.2 Å². The van der Waals surface area contributed by atoms with Gasteiger partial charge in [0, 0.05) is 68.1 Å². The number of carbonyl (C=O) groups is 2. The third kappa shape index (κ3) is 11.7. The van der Waals surface area contributed by atoms with E-state index in [1.54, 1.807) is 21.3 Å². The Morgan fingerprint density at radius 3 is 1.27 bits per heavy atom. The third-order valence-electron chi connectivity index (χ3n) is 17.0. The summed E-state index contributed by atoms with van der Waals surface area (Å²) in [7, 11) is 0. The molecule has 0 radical (unpaired) electrons. The summed E-state index contributed by atoms with van der Waals surface area (Å²) in [5.41, 5.74) is -0.0304. The van der Waals surface area contributed by atoms with Crippen molar-refractivity contribution >= 4 is 57.2 Å². The molecule has 2 saturated carbocycles. The maximum atomic E-state index is 15.6. The lowest BCUT2D eigenvalue weighted by atomic mass is 9.99. The number of pyridine rings is 2. The van der Waals surface area contributed by atoms with Gasteiger partial charge in [0.1, 0.15) is 70.8 Å². The minimum atomic E-state index is -1.29. The number of aromatic carboxylic acids is 2. The largest absolute Gasteiger partial charge is 0.478 e. The minimum Gasteiger partial charge on any atom is -0.478 e. The first-order valence-corrected chi connectivity index (χ1v) is 29.1. The van der Waals surface area contributed by atoms with E-state index in [2.05, 4.69) is 19.9 Å². The van der Waals surface area contributed by atoms with Gasteiger partial charge in [-0.1, -0.05) is 47.5 Å². The van der Waals surface area contributed by atoms with Crippen LogP contribution in [0.5, 0.6) is 11.8 Å². The van der Waals surface area contributed by atoms with Crippen molar-refractivity contribution in [1.29, 1.82) is 0 Å². The molecule has 2 aliphatic carbocycles. The summed E-state index contributed by atoms with van der Waals surface area (Å²) in [5.74, 6) is -7.62. The Kier molecular flexibility index (Phi) is 15.8. The maximum Gasteiger partial charge on any atom is 0.335 e. The predicted molar refractivity (Wildman–Crippen MR) is 313 cm³/mol. The Bertz CT molecular complexity index is 4270. The quantitative estimate of drug-likeness (QED) is 0.0878. The Balaban J connectivity index is 0.000000165. The zero-order valence-corrected chi connectivity index (χ0v) is 48.5. The van der Waals surface area contributed by atoms with E-state index in [1.165, 1.54) is 60.7 Å². The molecule has 14 nitrogen and oxygen atoms in total. The highest BCUT2D eigenvalue weighted by Gasteiger charge is 2.56. The van der Waals surface area contributed by atoms with E-state index < -0.39 is 58.5 Å². The summed E-state index contributed by atoms with van der Waals surface area (Å²) < 4.78 is 147. The number of hydrogen-bond donors (Lipinski definition) is 2. The van der Waals surface area contributed by atoms with E-state index in [4.69, 9.17) is 42.1 Å². The van der Waals surface area contributed by atoms with Crippen LogP contribution in [0.2, 0.25) is 10.0 Å². The van der Waals surface area contributed by atoms with E-state index in [1.807, 2.05) is 0 Å². The zero-order valence-electron chi connectivity index (χ0n) is 47.0. The number of fused-ring (bicyclic) bond motifs is 2. The van der Waals surface area contributed by atoms with Crippen molar-refractivity contribution in [3.8, 4) is 34.3 Å². The fourth-order valence-corrected chi connectivity index (χ4v) is 12.2. The number of rotatable bonds is 16. The van der Waals surface area contributed by atoms with Gasteiger partial charge in [-0.05, 0) is 122 Å². The van der Waals surface area contributed by atoms with Crippen molar-refractivity contribution in [2.45, 2.75) is 63.8 Å². The van der Waals surface area contributed by atoms with Crippen molar-refractivity contribution < 1.29 is 73.9 Å². The third-order valence-corrected chi connectivity index (χ3v) is 17.5. The van der Waals surface area contributed by atoms with Crippen LogP contribution in [0.25, 0.3) is 44.6 Å². The van der Waals surface area contributed by atoms with Crippen molar-refractivity contribution in [3.63, 3.8) is 0 Å². The first kappa shape index (κ1) is 60.0. The topological polar surface area (TPSA) is 173 Å². The van der Waals surface area contributed by atoms with Crippen LogP contribution in [-0.2, 0) is 35.5 Å². The first-order valence-electron chi connectivity index (χ1n) is 28.3. The number of ether oxygens (including phenoxy) is 4. The second-order valence-electron chi connectivity index (χ2n) is 22.8. The normalized spacial score (nSPS) is 16.9. The Labute approximate surface area is 516 Å². The molecule has 24 heteroatoms. The molecule has 2 unspecified atom stereocenters. The molecule has 6 aromatic carbocycles. The molecule has 0 bridgehead atoms. The fourth-order valence-electron chi connectivity index (χ4n) is 11.9. The molecule has 2 aliphatic heterocycles. The van der Waals surface area contributed by atoms with Gasteiger partial charge in [0.15, 0.2) is 11.6 Å². The summed E-state index contributed by atoms with van der Waals surface area (Å²) in [6.45, 7) is 1.31. The van der Waals surface area contributed by atoms with Gasteiger partial charge in [0.2, 0.25) is 11.8 Å². The number of benzene rings is 6. The van der Waals surface area contributed by atoms with Gasteiger partial charge < -0.3 is 38.3 Å². The van der Waals surface area contributed by atoms with E-state index in [0.717, 1.165) is 74.2 Å². The number of carboxylic acids is 2. The Morgan fingerprint density at radius 2 is 0.889 bits per heavy atom. The summed E-state index contributed by atoms with van der Waals surface area (Å²) in [6, 6.07) is 25.6. The predicted octanol–water partition coefficient (Wildman–Crippen LogP) is 15.1. The molecule has 10 aromatic rings. The highest BCUT2D eigenvalue weighted by Crippen LogP contribution is 2.60. The molecular formula is C66H48Cl2F8N6O8. The van der Waals surface area contributed by atoms with E-state index in [-0.39, 0.29) is 160 Å². The number of hydrogen-bond acceptors (Lipinski definition) is 10. The number of aromatic nitrogens is 6. The molecule has 2 saturated heterocycles. The highest BCUT2D eigenvalue weighted by atomic mass is 35.5. The van der Waals surface area contributed by atoms with E-state index in [9.17, 15) is 28.6 Å². The molecule has 90 heavy (non-hydrogen) atoms. The van der Waals surface area contributed by atoms with Crippen LogP contribution in [0.15, 0.2) is 121 Å². The van der Waals surface area contributed by atoms with E-state index in [0.29, 0.717) is 26.4 Å². The van der Waals surface area contributed by atoms with Gasteiger partial charge in [-0.25, -0.2) is 64.6 Å². The van der Waals surface area contributed by atoms with Crippen LogP contribution < -0.4 is 9.47 Å². The average Bonchev–Trinajstić information content (AvgIpc) is 1.67. The summed E-state index contributed by atoms with van der Waals surface area (Å²) >= 11 is 11.6. The lowest BCUT2D eigenvalue weighted by Gasteiger charge is -2.22. The number of imidazole rings is 2. The van der Waals surface area contributed by atoms with Crippen molar-refractivity contribution in [2.24, 2.45) is 10.8 Å². The molecular weight excluding hydrogens is 1230 g/mol. The molecule has 4 aliphatic rings. The van der Waals surface area contributed by atoms with Gasteiger partial charge in [-0.15, -0.1) is 0 Å². The Morgan fingerprint density at radius 1 is 0.489 bits per heavy atom. The van der Waals surface area contributed by atoms with Crippen LogP contribution in [0, 0.1) is 57.4 Å². The SMILES string of the molecule is O=C(O)c1cc(F)c2nc(Cc3cc(F)c(-c4cccc(OCc5ccc(Cl)cc5F)n4)cc3F)n(C3COCC34CC4)c2c1.O=C(O)c1cc(F)c2nc(Cc3cc(F)c(-c4cccc(OCc5ccc(Cl)cc5F)n4)cc3F)n(C3COCC34CC4)c2c1. The smallest absolute Gasteiger partial charge is 0.335 e. The number of halogens is 10. The zero-order chi connectivity index (χ0) is 62.9. The van der Waals surface area contributed by atoms with Crippen LogP contribution in [0.4, 0.5) is 35.1 Å². The fraction of sp³-hybridized carbons (Fsp3) is 0.242. The van der Waals surface area contributed by atoms with Gasteiger partial charge >= 0.3 is 11.9 Å². The summed E-state index contributed by atoms with van der Waals surface area (Å²) in [6.07, 6.45) is 3.13. The molecule has 14 rings (SSSR count). The van der Waals surface area contributed by atoms with Gasteiger partial charge in [0.05, 0.1) is 72.1 Å². The minimum absolute atomic E-state index is 0.0268. The van der Waals surface area contributed by atoms with Gasteiger partial charge in [-0.2, -0.15) is 0 Å². The molecule has 4 fully saturated rings. The lowest BCUT2D eigenvalue weighted by molar-refractivity contribution is 0.0686. The van der Waals surface area contributed by atoms with Crippen LogP contribution in [0.3, 0.4) is 0 Å². The highest BCUT2D eigenvalue weighted by molar-refractivity contribution is 6.30. The van der Waals surface area contributed by atoms with E-state index >= 15 is 26.3 Å². The summed E-state index contributed by atoms with van der Waals surface area (Å²) in [5, 5.41) is 19.6. The Hall–Kier alpha value is -8.96. The molecule has 6 heterocycles. The molecule has 2 spiro atoms. The second kappa shape index (κ2) is 23.8. The van der Waals surface area contributed by atoms with Crippen LogP contribution in [0.1, 0.15) is 92.4 Å². The monoisotopic (exact) mass is 1270 g/mol. The molecule has 2 atom stereocenters. The van der Waals surface area contributed by atoms with Crippen molar-refractivity contribution in [2.75, 3.05) is 26.4 Å². The molecule has 2 N–H and O–H groups in total. The number of carboxylic acid groups (broad SMARTS) is 2. The van der Waals surface area contributed by atoms with Crippen molar-refractivity contribution in [3.05, 3.63) is 223 Å². The second-order valence-corrected chi connectivity index (χ2v) is 23.7. The molecule has 0 amide bonds. The number of nitrogens with zero attached hydrogens (tertiary/aromatic N) is 6. The average molecular weight is 1280 g/mol. The standard InChI is InChI=1S/2C33H24ClF4N3O4/c2*34-20-5-4-17(22(35)12-20)14-45-30-3-1-2-26(39-30)21-13-23(36)18(8-24(21)37)11-29-40-31-25(38)9-19(32(42)43)10-27(31)41(29)28-15-44-16-33(28)6-7-33/h2*1-5,8-10,12-13,28H,6-7,11,14-16H2,(H,42,43). The van der Waals surface area contributed by atoms with Gasteiger partial charge in [-0.3, -0.25) is 0 Å². The molecule has 460 valence electrons. The van der Waals surface area contributed by atoms with Crippen molar-refractivity contribution in [1.82, 2.24) is 29.1 Å².